The van der Waals surface area contributed by atoms with Crippen LogP contribution >= 0.6 is 27.5 Å². The smallest absolute Gasteiger partial charge is 0.118 e. The Morgan fingerprint density at radius 3 is 2.47 bits per heavy atom. The van der Waals surface area contributed by atoms with Crippen molar-refractivity contribution in [2.45, 2.75) is 13.0 Å². The molecule has 1 atom stereocenters. The van der Waals surface area contributed by atoms with Crippen molar-refractivity contribution in [3.8, 4) is 5.75 Å². The quantitative estimate of drug-likeness (QED) is 0.817. The van der Waals surface area contributed by atoms with Gasteiger partial charge in [-0.2, -0.15) is 0 Å². The van der Waals surface area contributed by atoms with Crippen molar-refractivity contribution in [1.82, 2.24) is 0 Å². The Morgan fingerprint density at radius 2 is 1.84 bits per heavy atom. The molecule has 0 aromatic heterocycles. The zero-order chi connectivity index (χ0) is 13.8. The summed E-state index contributed by atoms with van der Waals surface area (Å²) in [7, 11) is 1.67. The molecule has 0 amide bonds. The number of anilines is 1. The molecule has 0 aliphatic carbocycles. The van der Waals surface area contributed by atoms with Crippen LogP contribution in [0.2, 0.25) is 5.02 Å². The van der Waals surface area contributed by atoms with Gasteiger partial charge in [0.1, 0.15) is 5.75 Å². The summed E-state index contributed by atoms with van der Waals surface area (Å²) in [5.74, 6) is 0.861. The first-order chi connectivity index (χ1) is 9.11. The van der Waals surface area contributed by atoms with Crippen molar-refractivity contribution in [2.75, 3.05) is 12.4 Å². The van der Waals surface area contributed by atoms with E-state index in [1.807, 2.05) is 30.3 Å². The van der Waals surface area contributed by atoms with Gasteiger partial charge in [-0.05, 0) is 52.7 Å². The minimum Gasteiger partial charge on any atom is -0.497 e. The number of ether oxygens (including phenoxy) is 1. The summed E-state index contributed by atoms with van der Waals surface area (Å²) in [6.07, 6.45) is 0. The van der Waals surface area contributed by atoms with Crippen LogP contribution < -0.4 is 10.1 Å². The van der Waals surface area contributed by atoms with Crippen molar-refractivity contribution in [1.29, 1.82) is 0 Å². The fourth-order valence-corrected chi connectivity index (χ4v) is 2.38. The van der Waals surface area contributed by atoms with E-state index in [4.69, 9.17) is 16.3 Å². The Labute approximate surface area is 126 Å². The molecular weight excluding hydrogens is 326 g/mol. The monoisotopic (exact) mass is 339 g/mol. The van der Waals surface area contributed by atoms with Crippen LogP contribution in [0.5, 0.6) is 5.75 Å². The molecule has 0 aliphatic heterocycles. The van der Waals surface area contributed by atoms with Crippen LogP contribution in [-0.4, -0.2) is 7.11 Å². The van der Waals surface area contributed by atoms with Crippen LogP contribution in [0.15, 0.2) is 46.9 Å². The summed E-state index contributed by atoms with van der Waals surface area (Å²) >= 11 is 9.57. The normalized spacial score (nSPS) is 12.0. The largest absolute Gasteiger partial charge is 0.497 e. The highest BCUT2D eigenvalue weighted by molar-refractivity contribution is 9.10. The van der Waals surface area contributed by atoms with Crippen molar-refractivity contribution >= 4 is 33.2 Å². The van der Waals surface area contributed by atoms with Crippen molar-refractivity contribution in [3.05, 3.63) is 57.5 Å². The second-order valence-corrected chi connectivity index (χ2v) is 5.44. The molecule has 0 aliphatic rings. The molecule has 2 nitrogen and oxygen atoms in total. The Bertz CT molecular complexity index is 557. The first-order valence-electron chi connectivity index (χ1n) is 5.96. The zero-order valence-electron chi connectivity index (χ0n) is 10.8. The number of methoxy groups -OCH3 is 1. The molecule has 19 heavy (non-hydrogen) atoms. The minimum atomic E-state index is 0.181. The second-order valence-electron chi connectivity index (χ2n) is 4.24. The summed E-state index contributed by atoms with van der Waals surface area (Å²) < 4.78 is 6.04. The summed E-state index contributed by atoms with van der Waals surface area (Å²) in [5, 5.41) is 4.13. The summed E-state index contributed by atoms with van der Waals surface area (Å²) in [6.45, 7) is 2.11. The molecule has 2 aromatic carbocycles. The van der Waals surface area contributed by atoms with Gasteiger partial charge in [-0.25, -0.2) is 0 Å². The molecule has 0 bridgehead atoms. The van der Waals surface area contributed by atoms with Gasteiger partial charge >= 0.3 is 0 Å². The lowest BCUT2D eigenvalue weighted by molar-refractivity contribution is 0.414. The predicted molar refractivity (Wildman–Crippen MR) is 84.2 cm³/mol. The molecule has 0 fully saturated rings. The van der Waals surface area contributed by atoms with Crippen LogP contribution in [0.1, 0.15) is 18.5 Å². The molecule has 0 saturated carbocycles. The number of halogens is 2. The van der Waals surface area contributed by atoms with Gasteiger partial charge in [0.15, 0.2) is 0 Å². The topological polar surface area (TPSA) is 21.3 Å². The minimum absolute atomic E-state index is 0.181. The first-order valence-corrected chi connectivity index (χ1v) is 7.13. The van der Waals surface area contributed by atoms with E-state index >= 15 is 0 Å². The molecule has 2 rings (SSSR count). The SMILES string of the molecule is COc1ccc(C(C)Nc2cccc(Cl)c2Br)cc1. The van der Waals surface area contributed by atoms with E-state index in [1.165, 1.54) is 5.56 Å². The van der Waals surface area contributed by atoms with Gasteiger partial charge in [0, 0.05) is 6.04 Å². The number of benzene rings is 2. The van der Waals surface area contributed by atoms with Gasteiger partial charge in [-0.1, -0.05) is 29.8 Å². The Kier molecular flexibility index (Phi) is 4.72. The van der Waals surface area contributed by atoms with Crippen LogP contribution in [0.4, 0.5) is 5.69 Å². The van der Waals surface area contributed by atoms with Crippen molar-refractivity contribution < 1.29 is 4.74 Å². The van der Waals surface area contributed by atoms with Crippen LogP contribution in [-0.2, 0) is 0 Å². The third-order valence-corrected chi connectivity index (χ3v) is 4.34. The molecule has 0 heterocycles. The van der Waals surface area contributed by atoms with Crippen molar-refractivity contribution in [2.24, 2.45) is 0 Å². The summed E-state index contributed by atoms with van der Waals surface area (Å²) in [5.41, 5.74) is 2.17. The summed E-state index contributed by atoms with van der Waals surface area (Å²) in [4.78, 5) is 0. The second kappa shape index (κ2) is 6.31. The Morgan fingerprint density at radius 1 is 1.16 bits per heavy atom. The van der Waals surface area contributed by atoms with E-state index in [2.05, 4.69) is 40.3 Å². The van der Waals surface area contributed by atoms with Crippen LogP contribution in [0, 0.1) is 0 Å². The lowest BCUT2D eigenvalue weighted by Gasteiger charge is -2.17. The highest BCUT2D eigenvalue weighted by atomic mass is 79.9. The Balaban J connectivity index is 2.15. The molecule has 0 spiro atoms. The van der Waals surface area contributed by atoms with E-state index in [9.17, 15) is 0 Å². The maximum Gasteiger partial charge on any atom is 0.118 e. The zero-order valence-corrected chi connectivity index (χ0v) is 13.1. The Hall–Kier alpha value is -1.19. The van der Waals surface area contributed by atoms with E-state index < -0.39 is 0 Å². The summed E-state index contributed by atoms with van der Waals surface area (Å²) in [6, 6.07) is 14.0. The standard InChI is InChI=1S/C15H15BrClNO/c1-10(11-6-8-12(19-2)9-7-11)18-14-5-3-4-13(17)15(14)16/h3-10,18H,1-2H3. The lowest BCUT2D eigenvalue weighted by atomic mass is 10.1. The van der Waals surface area contributed by atoms with E-state index in [-0.39, 0.29) is 6.04 Å². The van der Waals surface area contributed by atoms with E-state index in [0.717, 1.165) is 15.9 Å². The number of rotatable bonds is 4. The fraction of sp³-hybridized carbons (Fsp3) is 0.200. The van der Waals surface area contributed by atoms with Crippen molar-refractivity contribution in [3.63, 3.8) is 0 Å². The first kappa shape index (κ1) is 14.2. The van der Waals surface area contributed by atoms with Gasteiger partial charge in [0.25, 0.3) is 0 Å². The van der Waals surface area contributed by atoms with Gasteiger partial charge < -0.3 is 10.1 Å². The van der Waals surface area contributed by atoms with Crippen LogP contribution in [0.3, 0.4) is 0 Å². The highest BCUT2D eigenvalue weighted by Crippen LogP contribution is 2.32. The molecular formula is C15H15BrClNO. The molecule has 0 radical (unpaired) electrons. The molecule has 0 saturated heterocycles. The average molecular weight is 341 g/mol. The lowest BCUT2D eigenvalue weighted by Crippen LogP contribution is -2.07. The van der Waals surface area contributed by atoms with E-state index in [0.29, 0.717) is 5.02 Å². The predicted octanol–water partition coefficient (Wildman–Crippen LogP) is 5.28. The maximum absolute atomic E-state index is 6.08. The average Bonchev–Trinajstić information content (AvgIpc) is 2.44. The maximum atomic E-state index is 6.08. The van der Waals surface area contributed by atoms with E-state index in [1.54, 1.807) is 7.11 Å². The van der Waals surface area contributed by atoms with Gasteiger partial charge in [0.2, 0.25) is 0 Å². The molecule has 1 unspecified atom stereocenters. The number of hydrogen-bond acceptors (Lipinski definition) is 2. The van der Waals surface area contributed by atoms with Gasteiger partial charge in [-0.3, -0.25) is 0 Å². The number of hydrogen-bond donors (Lipinski definition) is 1. The molecule has 100 valence electrons. The van der Waals surface area contributed by atoms with Crippen LogP contribution in [0.25, 0.3) is 0 Å². The third kappa shape index (κ3) is 3.43. The molecule has 2 aromatic rings. The highest BCUT2D eigenvalue weighted by Gasteiger charge is 2.09. The van der Waals surface area contributed by atoms with Gasteiger partial charge in [-0.15, -0.1) is 0 Å². The fourth-order valence-electron chi connectivity index (χ4n) is 1.82. The van der Waals surface area contributed by atoms with Gasteiger partial charge in [0.05, 0.1) is 22.3 Å². The number of nitrogens with one attached hydrogen (secondary N) is 1. The third-order valence-electron chi connectivity index (χ3n) is 2.94. The molecule has 1 N–H and O–H groups in total. The molecule has 4 heteroatoms.